The standard InChI is InChI=1S/C18H17N3O2/c1-12-4-3-5-15(8-12)21-18(23)14(10-19)11-20-17-7-6-16(22)9-13(17)2/h3-9,11,20,22H,1-2H3,(H,21,23)/b14-11-. The fourth-order valence-corrected chi connectivity index (χ4v) is 2.03. The van der Waals surface area contributed by atoms with Crippen molar-refractivity contribution in [3.63, 3.8) is 0 Å². The van der Waals surface area contributed by atoms with E-state index >= 15 is 0 Å². The molecule has 3 N–H and O–H groups in total. The Bertz CT molecular complexity index is 804. The van der Waals surface area contributed by atoms with E-state index in [2.05, 4.69) is 10.6 Å². The van der Waals surface area contributed by atoms with Crippen molar-refractivity contribution in [2.24, 2.45) is 0 Å². The van der Waals surface area contributed by atoms with E-state index in [1.54, 1.807) is 18.2 Å². The fourth-order valence-electron chi connectivity index (χ4n) is 2.03. The molecule has 0 saturated carbocycles. The second-order valence-electron chi connectivity index (χ2n) is 5.14. The number of phenolic OH excluding ortho intramolecular Hbond substituents is 1. The van der Waals surface area contributed by atoms with E-state index in [-0.39, 0.29) is 11.3 Å². The molecule has 0 heterocycles. The molecule has 0 atom stereocenters. The number of hydrogen-bond donors (Lipinski definition) is 3. The van der Waals surface area contributed by atoms with Crippen LogP contribution in [0.15, 0.2) is 54.2 Å². The summed E-state index contributed by atoms with van der Waals surface area (Å²) in [7, 11) is 0. The Labute approximate surface area is 134 Å². The van der Waals surface area contributed by atoms with Crippen LogP contribution in [-0.4, -0.2) is 11.0 Å². The number of aromatic hydroxyl groups is 1. The Hall–Kier alpha value is -3.26. The topological polar surface area (TPSA) is 85.2 Å². The van der Waals surface area contributed by atoms with E-state index in [9.17, 15) is 9.90 Å². The van der Waals surface area contributed by atoms with Gasteiger partial charge in [0.15, 0.2) is 0 Å². The molecule has 0 aliphatic rings. The number of rotatable bonds is 4. The molecule has 0 aromatic heterocycles. The second kappa shape index (κ2) is 7.14. The second-order valence-corrected chi connectivity index (χ2v) is 5.14. The highest BCUT2D eigenvalue weighted by Gasteiger charge is 2.09. The van der Waals surface area contributed by atoms with Gasteiger partial charge in [0.1, 0.15) is 17.4 Å². The first-order valence-corrected chi connectivity index (χ1v) is 7.04. The minimum atomic E-state index is -0.484. The number of aryl methyl sites for hydroxylation is 2. The minimum Gasteiger partial charge on any atom is -0.508 e. The number of nitrogens with zero attached hydrogens (tertiary/aromatic N) is 1. The van der Waals surface area contributed by atoms with Crippen LogP contribution in [0.3, 0.4) is 0 Å². The van der Waals surface area contributed by atoms with Gasteiger partial charge in [-0.1, -0.05) is 12.1 Å². The maximum absolute atomic E-state index is 12.1. The van der Waals surface area contributed by atoms with Gasteiger partial charge in [-0.25, -0.2) is 0 Å². The summed E-state index contributed by atoms with van der Waals surface area (Å²) in [6, 6.07) is 14.0. The van der Waals surface area contributed by atoms with E-state index in [0.717, 1.165) is 11.1 Å². The largest absolute Gasteiger partial charge is 0.508 e. The number of nitrogens with one attached hydrogen (secondary N) is 2. The first-order chi connectivity index (χ1) is 11.0. The van der Waals surface area contributed by atoms with Gasteiger partial charge in [0.2, 0.25) is 0 Å². The van der Waals surface area contributed by atoms with Gasteiger partial charge >= 0.3 is 0 Å². The summed E-state index contributed by atoms with van der Waals surface area (Å²) in [4.78, 5) is 12.1. The van der Waals surface area contributed by atoms with E-state index < -0.39 is 5.91 Å². The Kier molecular flexibility index (Phi) is 5.00. The number of phenols is 1. The molecule has 5 heteroatoms. The number of benzene rings is 2. The van der Waals surface area contributed by atoms with E-state index in [1.807, 2.05) is 38.1 Å². The summed E-state index contributed by atoms with van der Waals surface area (Å²) in [5.74, 6) is -0.322. The fraction of sp³-hybridized carbons (Fsp3) is 0.111. The van der Waals surface area contributed by atoms with Gasteiger partial charge in [0, 0.05) is 17.6 Å². The van der Waals surface area contributed by atoms with Crippen molar-refractivity contribution < 1.29 is 9.90 Å². The Morgan fingerprint density at radius 2 is 2.00 bits per heavy atom. The predicted octanol–water partition coefficient (Wildman–Crippen LogP) is 3.47. The van der Waals surface area contributed by atoms with Gasteiger partial charge in [-0.05, 0) is 55.3 Å². The summed E-state index contributed by atoms with van der Waals surface area (Å²) in [6.07, 6.45) is 1.35. The molecule has 0 unspecified atom stereocenters. The van der Waals surface area contributed by atoms with E-state index in [4.69, 9.17) is 5.26 Å². The van der Waals surface area contributed by atoms with Crippen LogP contribution < -0.4 is 10.6 Å². The Morgan fingerprint density at radius 1 is 1.22 bits per heavy atom. The summed E-state index contributed by atoms with van der Waals surface area (Å²) >= 11 is 0. The normalized spacial score (nSPS) is 10.7. The number of anilines is 2. The van der Waals surface area contributed by atoms with Crippen LogP contribution in [0.5, 0.6) is 5.75 Å². The molecule has 2 aromatic carbocycles. The van der Waals surface area contributed by atoms with Crippen molar-refractivity contribution in [1.29, 1.82) is 5.26 Å². The third-order valence-electron chi connectivity index (χ3n) is 3.22. The molecule has 0 bridgehead atoms. The molecular formula is C18H17N3O2. The third kappa shape index (κ3) is 4.35. The van der Waals surface area contributed by atoms with E-state index in [0.29, 0.717) is 11.4 Å². The van der Waals surface area contributed by atoms with Crippen LogP contribution in [0, 0.1) is 25.2 Å². The molecule has 0 fully saturated rings. The molecule has 0 radical (unpaired) electrons. The monoisotopic (exact) mass is 307 g/mol. The van der Waals surface area contributed by atoms with Gasteiger partial charge in [0.25, 0.3) is 5.91 Å². The summed E-state index contributed by atoms with van der Waals surface area (Å²) in [5.41, 5.74) is 3.12. The molecule has 5 nitrogen and oxygen atoms in total. The molecule has 116 valence electrons. The zero-order chi connectivity index (χ0) is 16.8. The third-order valence-corrected chi connectivity index (χ3v) is 3.22. The molecule has 23 heavy (non-hydrogen) atoms. The molecule has 0 saturated heterocycles. The molecule has 2 aromatic rings. The van der Waals surface area contributed by atoms with Gasteiger partial charge in [-0.15, -0.1) is 0 Å². The lowest BCUT2D eigenvalue weighted by molar-refractivity contribution is -0.112. The number of hydrogen-bond acceptors (Lipinski definition) is 4. The molecular weight excluding hydrogens is 290 g/mol. The van der Waals surface area contributed by atoms with Crippen LogP contribution in [-0.2, 0) is 4.79 Å². The Balaban J connectivity index is 2.12. The first kappa shape index (κ1) is 16.1. The Morgan fingerprint density at radius 3 is 2.65 bits per heavy atom. The minimum absolute atomic E-state index is 0.0426. The molecule has 2 rings (SSSR count). The van der Waals surface area contributed by atoms with Crippen LogP contribution in [0.25, 0.3) is 0 Å². The number of carbonyl (C=O) groups excluding carboxylic acids is 1. The number of carbonyl (C=O) groups is 1. The van der Waals surface area contributed by atoms with Crippen LogP contribution in [0.2, 0.25) is 0 Å². The number of nitriles is 1. The lowest BCUT2D eigenvalue weighted by Gasteiger charge is -2.08. The zero-order valence-electron chi connectivity index (χ0n) is 12.9. The quantitative estimate of drug-likeness (QED) is 0.459. The highest BCUT2D eigenvalue weighted by molar-refractivity contribution is 6.06. The van der Waals surface area contributed by atoms with Gasteiger partial charge in [0.05, 0.1) is 0 Å². The molecule has 0 spiro atoms. The highest BCUT2D eigenvalue weighted by Crippen LogP contribution is 2.20. The average Bonchev–Trinajstić information content (AvgIpc) is 2.49. The average molecular weight is 307 g/mol. The summed E-state index contributed by atoms with van der Waals surface area (Å²) in [5, 5.41) is 24.1. The van der Waals surface area contributed by atoms with Crippen LogP contribution in [0.1, 0.15) is 11.1 Å². The SMILES string of the molecule is Cc1cccc(NC(=O)/C(C#N)=C\Nc2ccc(O)cc2C)c1. The van der Waals surface area contributed by atoms with Gasteiger partial charge in [-0.3, -0.25) is 4.79 Å². The van der Waals surface area contributed by atoms with Gasteiger partial charge < -0.3 is 15.7 Å². The lowest BCUT2D eigenvalue weighted by atomic mass is 10.2. The summed E-state index contributed by atoms with van der Waals surface area (Å²) in [6.45, 7) is 3.74. The van der Waals surface area contributed by atoms with E-state index in [1.165, 1.54) is 12.3 Å². The smallest absolute Gasteiger partial charge is 0.267 e. The lowest BCUT2D eigenvalue weighted by Crippen LogP contribution is -2.14. The van der Waals surface area contributed by atoms with Crippen molar-refractivity contribution in [2.45, 2.75) is 13.8 Å². The first-order valence-electron chi connectivity index (χ1n) is 7.04. The van der Waals surface area contributed by atoms with Crippen LogP contribution in [0.4, 0.5) is 11.4 Å². The molecule has 0 aliphatic carbocycles. The highest BCUT2D eigenvalue weighted by atomic mass is 16.3. The van der Waals surface area contributed by atoms with Crippen LogP contribution >= 0.6 is 0 Å². The maximum Gasteiger partial charge on any atom is 0.267 e. The van der Waals surface area contributed by atoms with Crippen molar-refractivity contribution >= 4 is 17.3 Å². The molecule has 1 amide bonds. The molecule has 0 aliphatic heterocycles. The van der Waals surface area contributed by atoms with Crippen molar-refractivity contribution in [1.82, 2.24) is 0 Å². The number of amides is 1. The van der Waals surface area contributed by atoms with Gasteiger partial charge in [-0.2, -0.15) is 5.26 Å². The van der Waals surface area contributed by atoms with Crippen molar-refractivity contribution in [3.8, 4) is 11.8 Å². The van der Waals surface area contributed by atoms with Crippen molar-refractivity contribution in [2.75, 3.05) is 10.6 Å². The maximum atomic E-state index is 12.1. The predicted molar refractivity (Wildman–Crippen MR) is 90.0 cm³/mol. The van der Waals surface area contributed by atoms with Crippen molar-refractivity contribution in [3.05, 3.63) is 65.4 Å². The summed E-state index contributed by atoms with van der Waals surface area (Å²) < 4.78 is 0. The zero-order valence-corrected chi connectivity index (χ0v) is 12.9.